The normalized spacial score (nSPS) is 12.8. The number of likely N-dealkylation sites (N-methyl/N-ethyl adjacent to an activating group) is 1. The minimum absolute atomic E-state index is 0.100. The maximum Gasteiger partial charge on any atom is 0.243 e. The molecule has 2 aromatic carbocycles. The first-order valence-corrected chi connectivity index (χ1v) is 10.6. The summed E-state index contributed by atoms with van der Waals surface area (Å²) in [6, 6.07) is 11.8. The standard InChI is InChI=1S/C20H25ClN2O3S/c1-5-19(16-7-6-14(2)15(3)12-16)22-20(24)13-23(4)27(25,26)18-10-8-17(21)9-11-18/h6-12,19H,5,13H2,1-4H3,(H,22,24)/t19-/m0/s1. The number of nitrogens with zero attached hydrogens (tertiary/aromatic N) is 1. The molecule has 1 N–H and O–H groups in total. The van der Waals surface area contributed by atoms with Gasteiger partial charge in [0.1, 0.15) is 0 Å². The Morgan fingerprint density at radius 2 is 1.74 bits per heavy atom. The average Bonchev–Trinajstić information content (AvgIpc) is 2.62. The SMILES string of the molecule is CC[C@H](NC(=O)CN(C)S(=O)(=O)c1ccc(Cl)cc1)c1ccc(C)c(C)c1. The Bertz CT molecular complexity index is 911. The molecular formula is C20H25ClN2O3S. The lowest BCUT2D eigenvalue weighted by Crippen LogP contribution is -2.39. The lowest BCUT2D eigenvalue weighted by atomic mass is 9.99. The largest absolute Gasteiger partial charge is 0.348 e. The average molecular weight is 409 g/mol. The molecule has 0 unspecified atom stereocenters. The maximum absolute atomic E-state index is 12.6. The van der Waals surface area contributed by atoms with Gasteiger partial charge in [0.05, 0.1) is 17.5 Å². The van der Waals surface area contributed by atoms with Crippen LogP contribution in [0.2, 0.25) is 5.02 Å². The number of benzene rings is 2. The predicted molar refractivity (Wildman–Crippen MR) is 108 cm³/mol. The van der Waals surface area contributed by atoms with E-state index >= 15 is 0 Å². The molecule has 0 aliphatic carbocycles. The highest BCUT2D eigenvalue weighted by atomic mass is 35.5. The third-order valence-electron chi connectivity index (χ3n) is 4.56. The van der Waals surface area contributed by atoms with Crippen molar-refractivity contribution in [2.24, 2.45) is 0 Å². The second-order valence-electron chi connectivity index (χ2n) is 6.59. The third kappa shape index (κ3) is 5.31. The summed E-state index contributed by atoms with van der Waals surface area (Å²) in [6.07, 6.45) is 0.710. The van der Waals surface area contributed by atoms with Crippen molar-refractivity contribution < 1.29 is 13.2 Å². The third-order valence-corrected chi connectivity index (χ3v) is 6.63. The van der Waals surface area contributed by atoms with Crippen molar-refractivity contribution in [3.8, 4) is 0 Å². The molecule has 7 heteroatoms. The zero-order valence-corrected chi connectivity index (χ0v) is 17.6. The molecule has 2 rings (SSSR count). The Morgan fingerprint density at radius 1 is 1.11 bits per heavy atom. The molecule has 0 aromatic heterocycles. The van der Waals surface area contributed by atoms with Crippen molar-refractivity contribution in [1.82, 2.24) is 9.62 Å². The van der Waals surface area contributed by atoms with Crippen LogP contribution < -0.4 is 5.32 Å². The Balaban J connectivity index is 2.08. The van der Waals surface area contributed by atoms with E-state index in [-0.39, 0.29) is 23.4 Å². The first-order chi connectivity index (χ1) is 12.6. The molecule has 146 valence electrons. The van der Waals surface area contributed by atoms with Crippen LogP contribution in [0.3, 0.4) is 0 Å². The minimum Gasteiger partial charge on any atom is -0.348 e. The van der Waals surface area contributed by atoms with Crippen LogP contribution in [0, 0.1) is 13.8 Å². The van der Waals surface area contributed by atoms with E-state index in [1.807, 2.05) is 32.9 Å². The van der Waals surface area contributed by atoms with Crippen LogP contribution in [0.15, 0.2) is 47.4 Å². The van der Waals surface area contributed by atoms with Crippen molar-refractivity contribution >= 4 is 27.5 Å². The molecule has 0 bridgehead atoms. The fourth-order valence-corrected chi connectivity index (χ4v) is 3.97. The first-order valence-electron chi connectivity index (χ1n) is 8.73. The van der Waals surface area contributed by atoms with Gasteiger partial charge < -0.3 is 5.32 Å². The number of amides is 1. The number of sulfonamides is 1. The number of rotatable bonds is 7. The lowest BCUT2D eigenvalue weighted by Gasteiger charge is -2.21. The van der Waals surface area contributed by atoms with Crippen LogP contribution in [0.25, 0.3) is 0 Å². The predicted octanol–water partition coefficient (Wildman–Crippen LogP) is 3.84. The smallest absolute Gasteiger partial charge is 0.243 e. The molecule has 1 atom stereocenters. The number of carbonyl (C=O) groups excluding carboxylic acids is 1. The molecule has 0 heterocycles. The van der Waals surface area contributed by atoms with Crippen molar-refractivity contribution in [2.75, 3.05) is 13.6 Å². The van der Waals surface area contributed by atoms with E-state index in [9.17, 15) is 13.2 Å². The molecule has 0 spiro atoms. The Labute approximate surface area is 166 Å². The second kappa shape index (κ2) is 8.87. The van der Waals surface area contributed by atoms with Crippen LogP contribution in [-0.2, 0) is 14.8 Å². The van der Waals surface area contributed by atoms with Gasteiger partial charge in [-0.3, -0.25) is 4.79 Å². The lowest BCUT2D eigenvalue weighted by molar-refractivity contribution is -0.121. The van der Waals surface area contributed by atoms with E-state index in [1.165, 1.54) is 36.9 Å². The van der Waals surface area contributed by atoms with E-state index in [0.717, 1.165) is 15.4 Å². The zero-order valence-electron chi connectivity index (χ0n) is 16.0. The molecule has 0 aliphatic rings. The summed E-state index contributed by atoms with van der Waals surface area (Å²) in [4.78, 5) is 12.5. The molecule has 5 nitrogen and oxygen atoms in total. The van der Waals surface area contributed by atoms with E-state index in [2.05, 4.69) is 11.4 Å². The summed E-state index contributed by atoms with van der Waals surface area (Å²) in [5.41, 5.74) is 3.36. The van der Waals surface area contributed by atoms with E-state index in [1.54, 1.807) is 0 Å². The number of halogens is 1. The topological polar surface area (TPSA) is 66.5 Å². The van der Waals surface area contributed by atoms with Crippen molar-refractivity contribution in [3.63, 3.8) is 0 Å². The van der Waals surface area contributed by atoms with Crippen LogP contribution in [0.5, 0.6) is 0 Å². The van der Waals surface area contributed by atoms with Crippen LogP contribution in [0.1, 0.15) is 36.1 Å². The van der Waals surface area contributed by atoms with Crippen molar-refractivity contribution in [3.05, 3.63) is 64.2 Å². The number of aryl methyl sites for hydroxylation is 2. The fourth-order valence-electron chi connectivity index (χ4n) is 2.72. The quantitative estimate of drug-likeness (QED) is 0.756. The van der Waals surface area contributed by atoms with Gasteiger partial charge in [-0.25, -0.2) is 8.42 Å². The summed E-state index contributed by atoms with van der Waals surface area (Å²) >= 11 is 5.81. The maximum atomic E-state index is 12.6. The summed E-state index contributed by atoms with van der Waals surface area (Å²) in [5.74, 6) is -0.347. The molecule has 0 saturated heterocycles. The highest BCUT2D eigenvalue weighted by molar-refractivity contribution is 7.89. The summed E-state index contributed by atoms with van der Waals surface area (Å²) in [5, 5.41) is 3.38. The molecule has 27 heavy (non-hydrogen) atoms. The summed E-state index contributed by atoms with van der Waals surface area (Å²) < 4.78 is 26.2. The van der Waals surface area contributed by atoms with Gasteiger partial charge in [0, 0.05) is 12.1 Å². The van der Waals surface area contributed by atoms with Gasteiger partial charge >= 0.3 is 0 Å². The Kier molecular flexibility index (Phi) is 7.03. The molecule has 2 aromatic rings. The molecule has 0 fully saturated rings. The first kappa shape index (κ1) is 21.4. The molecule has 1 amide bonds. The number of nitrogens with one attached hydrogen (secondary N) is 1. The Hall–Kier alpha value is -1.89. The fraction of sp³-hybridized carbons (Fsp3) is 0.350. The van der Waals surface area contributed by atoms with Gasteiger partial charge in [-0.2, -0.15) is 4.31 Å². The second-order valence-corrected chi connectivity index (χ2v) is 9.07. The molecule has 0 radical (unpaired) electrons. The monoisotopic (exact) mass is 408 g/mol. The van der Waals surface area contributed by atoms with Crippen molar-refractivity contribution in [2.45, 2.75) is 38.1 Å². The van der Waals surface area contributed by atoms with Gasteiger partial charge in [-0.15, -0.1) is 0 Å². The van der Waals surface area contributed by atoms with Crippen molar-refractivity contribution in [1.29, 1.82) is 0 Å². The summed E-state index contributed by atoms with van der Waals surface area (Å²) in [6.45, 7) is 5.79. The van der Waals surface area contributed by atoms with E-state index < -0.39 is 10.0 Å². The number of carbonyl (C=O) groups is 1. The van der Waals surface area contributed by atoms with Crippen LogP contribution in [-0.4, -0.2) is 32.2 Å². The highest BCUT2D eigenvalue weighted by Gasteiger charge is 2.24. The summed E-state index contributed by atoms with van der Waals surface area (Å²) in [7, 11) is -2.37. The van der Waals surface area contributed by atoms with Gasteiger partial charge in [-0.05, 0) is 61.2 Å². The Morgan fingerprint density at radius 3 is 2.30 bits per heavy atom. The number of hydrogen-bond acceptors (Lipinski definition) is 3. The van der Waals surface area contributed by atoms with E-state index in [0.29, 0.717) is 11.4 Å². The highest BCUT2D eigenvalue weighted by Crippen LogP contribution is 2.21. The van der Waals surface area contributed by atoms with E-state index in [4.69, 9.17) is 11.6 Å². The molecule has 0 saturated carbocycles. The van der Waals surface area contributed by atoms with Gasteiger partial charge in [0.2, 0.25) is 15.9 Å². The van der Waals surface area contributed by atoms with Gasteiger partial charge in [0.15, 0.2) is 0 Å². The van der Waals surface area contributed by atoms with Crippen LogP contribution >= 0.6 is 11.6 Å². The molecule has 0 aliphatic heterocycles. The minimum atomic E-state index is -3.76. The zero-order chi connectivity index (χ0) is 20.2. The molecular weight excluding hydrogens is 384 g/mol. The van der Waals surface area contributed by atoms with Gasteiger partial charge in [0.25, 0.3) is 0 Å². The van der Waals surface area contributed by atoms with Crippen LogP contribution in [0.4, 0.5) is 0 Å². The van der Waals surface area contributed by atoms with Gasteiger partial charge in [-0.1, -0.05) is 36.7 Å². The number of hydrogen-bond donors (Lipinski definition) is 1.